The highest BCUT2D eigenvalue weighted by Crippen LogP contribution is 2.13. The number of rotatable bonds is 57. The lowest BCUT2D eigenvalue weighted by Crippen LogP contribution is -2.30. The van der Waals surface area contributed by atoms with Crippen molar-refractivity contribution in [3.8, 4) is 0 Å². The number of allylic oxidation sites excluding steroid dienone is 32. The molecule has 462 valence electrons. The van der Waals surface area contributed by atoms with Crippen molar-refractivity contribution in [3.63, 3.8) is 0 Å². The Labute approximate surface area is 509 Å². The minimum absolute atomic E-state index is 0.115. The van der Waals surface area contributed by atoms with E-state index in [4.69, 9.17) is 14.2 Å². The highest BCUT2D eigenvalue weighted by Gasteiger charge is 2.19. The van der Waals surface area contributed by atoms with Crippen LogP contribution in [0.3, 0.4) is 0 Å². The average molecular weight is 1140 g/mol. The summed E-state index contributed by atoms with van der Waals surface area (Å²) in [5, 5.41) is 0. The van der Waals surface area contributed by atoms with Crippen LogP contribution in [-0.2, 0) is 28.6 Å². The van der Waals surface area contributed by atoms with Crippen molar-refractivity contribution in [3.05, 3.63) is 194 Å². The van der Waals surface area contributed by atoms with Crippen LogP contribution in [0.2, 0.25) is 0 Å². The Morgan fingerprint density at radius 3 is 0.759 bits per heavy atom. The fraction of sp³-hybridized carbons (Fsp3) is 0.545. The molecule has 0 aliphatic carbocycles. The zero-order chi connectivity index (χ0) is 59.9. The van der Waals surface area contributed by atoms with Crippen molar-refractivity contribution in [2.45, 2.75) is 258 Å². The van der Waals surface area contributed by atoms with E-state index in [0.717, 1.165) is 186 Å². The van der Waals surface area contributed by atoms with Crippen LogP contribution >= 0.6 is 0 Å². The molecule has 1 unspecified atom stereocenters. The summed E-state index contributed by atoms with van der Waals surface area (Å²) in [6.07, 6.45) is 104. The number of hydrogen-bond donors (Lipinski definition) is 0. The Hall–Kier alpha value is -5.75. The lowest BCUT2D eigenvalue weighted by Gasteiger charge is -2.18. The van der Waals surface area contributed by atoms with Gasteiger partial charge in [-0.25, -0.2) is 0 Å². The van der Waals surface area contributed by atoms with Crippen LogP contribution in [-0.4, -0.2) is 37.2 Å². The Kier molecular flexibility index (Phi) is 64.0. The van der Waals surface area contributed by atoms with Crippen LogP contribution in [0.15, 0.2) is 194 Å². The van der Waals surface area contributed by atoms with Crippen LogP contribution < -0.4 is 0 Å². The number of hydrogen-bond acceptors (Lipinski definition) is 6. The number of carbonyl (C=O) groups is 3. The third-order valence-corrected chi connectivity index (χ3v) is 13.0. The molecule has 6 heteroatoms. The van der Waals surface area contributed by atoms with Crippen molar-refractivity contribution in [1.82, 2.24) is 0 Å². The Morgan fingerprint density at radius 1 is 0.253 bits per heavy atom. The topological polar surface area (TPSA) is 78.9 Å². The van der Waals surface area contributed by atoms with Gasteiger partial charge in [-0.2, -0.15) is 0 Å². The molecule has 0 fully saturated rings. The molecule has 0 heterocycles. The quantitative estimate of drug-likeness (QED) is 0.0261. The smallest absolute Gasteiger partial charge is 0.306 e. The average Bonchev–Trinajstić information content (AvgIpc) is 3.49. The van der Waals surface area contributed by atoms with Gasteiger partial charge in [-0.1, -0.05) is 267 Å². The monoisotopic (exact) mass is 1140 g/mol. The number of ether oxygens (including phenoxy) is 3. The lowest BCUT2D eigenvalue weighted by molar-refractivity contribution is -0.167. The largest absolute Gasteiger partial charge is 0.462 e. The lowest BCUT2D eigenvalue weighted by atomic mass is 10.1. The normalized spacial score (nSPS) is 13.4. The van der Waals surface area contributed by atoms with E-state index in [1.54, 1.807) is 0 Å². The first-order chi connectivity index (χ1) is 41.0. The Morgan fingerprint density at radius 2 is 0.470 bits per heavy atom. The predicted molar refractivity (Wildman–Crippen MR) is 361 cm³/mol. The molecule has 0 bridgehead atoms. The van der Waals surface area contributed by atoms with Crippen LogP contribution in [0.25, 0.3) is 0 Å². The Bertz CT molecular complexity index is 1990. The molecule has 0 rings (SSSR count). The summed E-state index contributed by atoms with van der Waals surface area (Å²) in [5.41, 5.74) is 0. The van der Waals surface area contributed by atoms with Gasteiger partial charge in [-0.3, -0.25) is 14.4 Å². The highest BCUT2D eigenvalue weighted by molar-refractivity contribution is 5.71. The second kappa shape index (κ2) is 68.7. The maximum Gasteiger partial charge on any atom is 0.306 e. The van der Waals surface area contributed by atoms with Gasteiger partial charge in [0.25, 0.3) is 0 Å². The summed E-state index contributed by atoms with van der Waals surface area (Å²) in [6.45, 7) is 6.27. The summed E-state index contributed by atoms with van der Waals surface area (Å²) < 4.78 is 16.9. The van der Waals surface area contributed by atoms with E-state index in [2.05, 4.69) is 215 Å². The SMILES string of the molecule is CC/C=C\C/C=C\C/C=C\C/C=C\C/C=C\C/C=C\C/C=C\C/C=C\C/C=C\C/C=C\CCCCC(=O)OCC(COC(=O)CCCCCCC/C=C\C/C=C\CCC)OC(=O)CCCCCCCC/C=C\C/C=C\C/C=C\C/C=C\CC. The van der Waals surface area contributed by atoms with E-state index in [9.17, 15) is 14.4 Å². The van der Waals surface area contributed by atoms with Gasteiger partial charge in [-0.15, -0.1) is 0 Å². The number of carbonyl (C=O) groups excluding carboxylic acids is 3. The standard InChI is InChI=1S/C77H118O6/c1-4-7-10-13-16-19-22-25-27-29-31-32-33-34-35-36-37-38-39-40-41-42-43-44-46-47-49-52-55-58-61-64-67-70-76(79)82-73-74(72-81-75(78)69-66-63-60-57-54-51-24-21-18-15-12-9-6-3)83-77(80)71-68-65-62-59-56-53-50-48-45-30-28-26-23-20-17-14-11-8-5-2/h7-8,10-12,15-17,19-21,24-28,31-32,34-35,37-38,40-41,43-45,47-49,55,58,74H,4-6,9,13-14,18,22-23,29-30,33,36,39,42,46,50-54,56-57,59-73H2,1-3H3/b10-7-,11-8-,15-12-,19-16-,20-17-,24-21-,27-25-,28-26-,32-31-,35-34-,38-37-,41-40-,44-43-,48-45-,49-47-,58-55-. The molecule has 0 aliphatic heterocycles. The van der Waals surface area contributed by atoms with Gasteiger partial charge < -0.3 is 14.2 Å². The summed E-state index contributed by atoms with van der Waals surface area (Å²) >= 11 is 0. The predicted octanol–water partition coefficient (Wildman–Crippen LogP) is 23.0. The number of unbranched alkanes of at least 4 members (excludes halogenated alkanes) is 14. The zero-order valence-corrected chi connectivity index (χ0v) is 52.9. The van der Waals surface area contributed by atoms with E-state index in [1.807, 2.05) is 0 Å². The molecule has 0 aromatic heterocycles. The van der Waals surface area contributed by atoms with Crippen LogP contribution in [0.1, 0.15) is 252 Å². The number of esters is 3. The van der Waals surface area contributed by atoms with Crippen molar-refractivity contribution in [2.24, 2.45) is 0 Å². The molecule has 0 radical (unpaired) electrons. The van der Waals surface area contributed by atoms with Crippen molar-refractivity contribution < 1.29 is 28.6 Å². The highest BCUT2D eigenvalue weighted by atomic mass is 16.6. The van der Waals surface area contributed by atoms with Gasteiger partial charge >= 0.3 is 17.9 Å². The first kappa shape index (κ1) is 77.2. The molecule has 0 aliphatic rings. The molecular weight excluding hydrogens is 1020 g/mol. The summed E-state index contributed by atoms with van der Waals surface area (Å²) in [4.78, 5) is 38.3. The van der Waals surface area contributed by atoms with Crippen LogP contribution in [0.5, 0.6) is 0 Å². The molecule has 0 saturated heterocycles. The first-order valence-electron chi connectivity index (χ1n) is 32.9. The maximum absolute atomic E-state index is 12.9. The molecule has 0 spiro atoms. The van der Waals surface area contributed by atoms with Gasteiger partial charge in [0.1, 0.15) is 13.2 Å². The van der Waals surface area contributed by atoms with Gasteiger partial charge in [0.2, 0.25) is 0 Å². The summed E-state index contributed by atoms with van der Waals surface area (Å²) in [7, 11) is 0. The molecule has 0 aromatic rings. The zero-order valence-electron chi connectivity index (χ0n) is 52.9. The van der Waals surface area contributed by atoms with Crippen molar-refractivity contribution in [2.75, 3.05) is 13.2 Å². The molecule has 1 atom stereocenters. The third-order valence-electron chi connectivity index (χ3n) is 13.0. The van der Waals surface area contributed by atoms with Gasteiger partial charge in [0, 0.05) is 19.3 Å². The van der Waals surface area contributed by atoms with Crippen LogP contribution in [0.4, 0.5) is 0 Å². The van der Waals surface area contributed by atoms with Gasteiger partial charge in [-0.05, 0) is 161 Å². The molecule has 0 saturated carbocycles. The molecule has 6 nitrogen and oxygen atoms in total. The van der Waals surface area contributed by atoms with E-state index in [1.165, 1.54) is 19.3 Å². The van der Waals surface area contributed by atoms with E-state index < -0.39 is 6.10 Å². The van der Waals surface area contributed by atoms with E-state index >= 15 is 0 Å². The van der Waals surface area contributed by atoms with Gasteiger partial charge in [0.05, 0.1) is 0 Å². The molecule has 83 heavy (non-hydrogen) atoms. The second-order valence-electron chi connectivity index (χ2n) is 20.9. The van der Waals surface area contributed by atoms with Gasteiger partial charge in [0.15, 0.2) is 6.10 Å². The molecular formula is C77H118O6. The molecule has 0 amide bonds. The van der Waals surface area contributed by atoms with Crippen LogP contribution in [0, 0.1) is 0 Å². The summed E-state index contributed by atoms with van der Waals surface area (Å²) in [5.74, 6) is -0.996. The minimum atomic E-state index is -0.822. The van der Waals surface area contributed by atoms with E-state index in [-0.39, 0.29) is 44.0 Å². The molecule has 0 aromatic carbocycles. The first-order valence-corrected chi connectivity index (χ1v) is 32.9. The van der Waals surface area contributed by atoms with Crippen molar-refractivity contribution >= 4 is 17.9 Å². The third kappa shape index (κ3) is 66.9. The second-order valence-corrected chi connectivity index (χ2v) is 20.9. The minimum Gasteiger partial charge on any atom is -0.462 e. The van der Waals surface area contributed by atoms with E-state index in [0.29, 0.717) is 12.8 Å². The Balaban J connectivity index is 4.45. The molecule has 0 N–H and O–H groups in total. The summed E-state index contributed by atoms with van der Waals surface area (Å²) in [6, 6.07) is 0. The maximum atomic E-state index is 12.9. The fourth-order valence-corrected chi connectivity index (χ4v) is 8.20. The van der Waals surface area contributed by atoms with Crippen molar-refractivity contribution in [1.29, 1.82) is 0 Å². The fourth-order valence-electron chi connectivity index (χ4n) is 8.20.